The second kappa shape index (κ2) is 16.6. The lowest BCUT2D eigenvalue weighted by Gasteiger charge is -2.20. The van der Waals surface area contributed by atoms with Gasteiger partial charge in [0.2, 0.25) is 5.91 Å². The molecule has 0 unspecified atom stereocenters. The molecule has 3 N–H and O–H groups in total. The number of hydrogen-bond acceptors (Lipinski definition) is 6. The maximum Gasteiger partial charge on any atom is 0.222 e. The number of hydrogen-bond donors (Lipinski definition) is 3. The van der Waals surface area contributed by atoms with E-state index in [9.17, 15) is 4.79 Å². The zero-order chi connectivity index (χ0) is 22.0. The van der Waals surface area contributed by atoms with E-state index in [-0.39, 0.29) is 19.1 Å². The summed E-state index contributed by atoms with van der Waals surface area (Å²) in [6, 6.07) is 7.19. The van der Waals surface area contributed by atoms with Crippen molar-refractivity contribution in [3.05, 3.63) is 24.3 Å². The summed E-state index contributed by atoms with van der Waals surface area (Å²) in [4.78, 5) is 14.1. The number of rotatable bonds is 14. The minimum absolute atomic E-state index is 0.0382. The first-order valence-corrected chi connectivity index (χ1v) is 11.1. The molecule has 0 saturated carbocycles. The molecule has 0 saturated heterocycles. The molecular weight excluding hydrogens is 384 g/mol. The number of para-hydroxylation sites is 1. The van der Waals surface area contributed by atoms with Crippen LogP contribution < -0.4 is 0 Å². The van der Waals surface area contributed by atoms with E-state index < -0.39 is 0 Å². The van der Waals surface area contributed by atoms with Gasteiger partial charge in [0, 0.05) is 19.5 Å². The highest BCUT2D eigenvalue weighted by Crippen LogP contribution is 2.11. The molecule has 0 atom stereocenters. The van der Waals surface area contributed by atoms with Crippen LogP contribution in [0.15, 0.2) is 24.3 Å². The highest BCUT2D eigenvalue weighted by molar-refractivity contribution is 5.76. The maximum atomic E-state index is 11.8. The molecular formula is C22H38N4O4. The molecule has 170 valence electrons. The van der Waals surface area contributed by atoms with Gasteiger partial charge in [-0.15, -0.1) is 5.10 Å². The maximum absolute atomic E-state index is 11.8. The summed E-state index contributed by atoms with van der Waals surface area (Å²) in [7, 11) is 0. The molecule has 2 rings (SSSR count). The fourth-order valence-corrected chi connectivity index (χ4v) is 3.20. The van der Waals surface area contributed by atoms with Gasteiger partial charge in [-0.1, -0.05) is 75.3 Å². The molecule has 0 radical (unpaired) electrons. The molecule has 30 heavy (non-hydrogen) atoms. The van der Waals surface area contributed by atoms with Crippen LogP contribution in [-0.4, -0.2) is 67.7 Å². The van der Waals surface area contributed by atoms with Crippen LogP contribution in [0.5, 0.6) is 0 Å². The third-order valence-corrected chi connectivity index (χ3v) is 4.92. The van der Waals surface area contributed by atoms with E-state index in [1.165, 1.54) is 44.9 Å². The molecule has 8 heteroatoms. The lowest BCUT2D eigenvalue weighted by molar-refractivity contribution is -0.132. The summed E-state index contributed by atoms with van der Waals surface area (Å²) in [6.07, 6.45) is 11.7. The number of aromatic nitrogens is 3. The van der Waals surface area contributed by atoms with Crippen LogP contribution in [-0.2, 0) is 4.79 Å². The van der Waals surface area contributed by atoms with Crippen LogP contribution in [0, 0.1) is 0 Å². The molecule has 8 nitrogen and oxygen atoms in total. The SMILES string of the molecule is CCCCCCCCCCCC(=O)N(CCO)CCO.On1nnc2ccccc21. The van der Waals surface area contributed by atoms with Crippen LogP contribution in [0.4, 0.5) is 0 Å². The summed E-state index contributed by atoms with van der Waals surface area (Å²) in [5, 5.41) is 33.8. The minimum atomic E-state index is -0.0382. The number of aliphatic hydroxyl groups is 2. The van der Waals surface area contributed by atoms with Crippen molar-refractivity contribution < 1.29 is 20.2 Å². The number of nitrogens with zero attached hydrogens (tertiary/aromatic N) is 4. The Balaban J connectivity index is 0.000000367. The van der Waals surface area contributed by atoms with E-state index in [2.05, 4.69) is 17.2 Å². The van der Waals surface area contributed by atoms with Crippen molar-refractivity contribution in [3.63, 3.8) is 0 Å². The number of carbonyl (C=O) groups excluding carboxylic acids is 1. The standard InChI is InChI=1S/C16H33NO3.C6H5N3O/c1-2-3-4-5-6-7-8-9-10-11-16(20)17(12-14-18)13-15-19;10-9-6-4-2-1-3-5(6)7-8-9/h18-19H,2-15H2,1H3;1-4,10H. The number of benzene rings is 1. The van der Waals surface area contributed by atoms with Crippen molar-refractivity contribution in [1.29, 1.82) is 0 Å². The first kappa shape index (κ1) is 25.8. The highest BCUT2D eigenvalue weighted by atomic mass is 16.5. The van der Waals surface area contributed by atoms with Gasteiger partial charge < -0.3 is 20.3 Å². The Morgan fingerprint density at radius 3 is 2.07 bits per heavy atom. The van der Waals surface area contributed by atoms with Gasteiger partial charge in [0.1, 0.15) is 11.0 Å². The third kappa shape index (κ3) is 10.5. The van der Waals surface area contributed by atoms with Crippen LogP contribution in [0.3, 0.4) is 0 Å². The van der Waals surface area contributed by atoms with Crippen molar-refractivity contribution in [2.75, 3.05) is 26.3 Å². The quantitative estimate of drug-likeness (QED) is 0.318. The molecule has 0 aliphatic carbocycles. The van der Waals surface area contributed by atoms with E-state index in [1.54, 1.807) is 17.0 Å². The van der Waals surface area contributed by atoms with Gasteiger partial charge in [-0.3, -0.25) is 4.79 Å². The van der Waals surface area contributed by atoms with Crippen molar-refractivity contribution in [1.82, 2.24) is 20.1 Å². The van der Waals surface area contributed by atoms with Crippen molar-refractivity contribution in [2.45, 2.75) is 71.1 Å². The monoisotopic (exact) mass is 422 g/mol. The Morgan fingerprint density at radius 1 is 0.933 bits per heavy atom. The van der Waals surface area contributed by atoms with Crippen LogP contribution >= 0.6 is 0 Å². The Kier molecular flexibility index (Phi) is 14.3. The Labute approximate surface area is 179 Å². The second-order valence-corrected chi connectivity index (χ2v) is 7.37. The minimum Gasteiger partial charge on any atom is -0.410 e. The fourth-order valence-electron chi connectivity index (χ4n) is 3.20. The molecule has 1 amide bonds. The fraction of sp³-hybridized carbons (Fsp3) is 0.682. The number of fused-ring (bicyclic) bond motifs is 1. The second-order valence-electron chi connectivity index (χ2n) is 7.37. The van der Waals surface area contributed by atoms with Gasteiger partial charge in [0.25, 0.3) is 0 Å². The van der Waals surface area contributed by atoms with Gasteiger partial charge in [-0.05, 0) is 23.8 Å². The third-order valence-electron chi connectivity index (χ3n) is 4.92. The number of aliphatic hydroxyl groups excluding tert-OH is 2. The molecule has 1 aromatic heterocycles. The van der Waals surface area contributed by atoms with Crippen LogP contribution in [0.25, 0.3) is 11.0 Å². The van der Waals surface area contributed by atoms with Gasteiger partial charge in [0.05, 0.1) is 13.2 Å². The first-order valence-electron chi connectivity index (χ1n) is 11.1. The summed E-state index contributed by atoms with van der Waals surface area (Å²) in [5.74, 6) is 0.0519. The van der Waals surface area contributed by atoms with Gasteiger partial charge in [0.15, 0.2) is 0 Å². The number of carbonyl (C=O) groups is 1. The molecule has 1 aromatic carbocycles. The zero-order valence-corrected chi connectivity index (χ0v) is 18.2. The normalized spacial score (nSPS) is 10.6. The molecule has 0 fully saturated rings. The summed E-state index contributed by atoms with van der Waals surface area (Å²) in [6.45, 7) is 2.81. The highest BCUT2D eigenvalue weighted by Gasteiger charge is 2.11. The molecule has 1 heterocycles. The van der Waals surface area contributed by atoms with Crippen molar-refractivity contribution in [2.24, 2.45) is 0 Å². The van der Waals surface area contributed by atoms with Crippen molar-refractivity contribution in [3.8, 4) is 0 Å². The van der Waals surface area contributed by atoms with E-state index in [4.69, 9.17) is 15.4 Å². The average molecular weight is 423 g/mol. The van der Waals surface area contributed by atoms with Crippen LogP contribution in [0.2, 0.25) is 0 Å². The molecule has 0 bridgehead atoms. The summed E-state index contributed by atoms with van der Waals surface area (Å²) < 4.78 is 0. The zero-order valence-electron chi connectivity index (χ0n) is 18.2. The smallest absolute Gasteiger partial charge is 0.222 e. The number of unbranched alkanes of at least 4 members (excludes halogenated alkanes) is 8. The summed E-state index contributed by atoms with van der Waals surface area (Å²) in [5.41, 5.74) is 1.33. The first-order chi connectivity index (χ1) is 14.6. The van der Waals surface area contributed by atoms with Gasteiger partial charge in [-0.2, -0.15) is 0 Å². The van der Waals surface area contributed by atoms with E-state index in [1.807, 2.05) is 12.1 Å². The van der Waals surface area contributed by atoms with E-state index in [0.717, 1.165) is 17.7 Å². The predicted molar refractivity (Wildman–Crippen MR) is 117 cm³/mol. The number of amides is 1. The lowest BCUT2D eigenvalue weighted by Crippen LogP contribution is -2.35. The van der Waals surface area contributed by atoms with Gasteiger partial charge >= 0.3 is 0 Å². The molecule has 2 aromatic rings. The van der Waals surface area contributed by atoms with Crippen LogP contribution in [0.1, 0.15) is 71.1 Å². The average Bonchev–Trinajstić information content (AvgIpc) is 3.14. The van der Waals surface area contributed by atoms with Crippen molar-refractivity contribution >= 4 is 16.9 Å². The van der Waals surface area contributed by atoms with Gasteiger partial charge in [-0.25, -0.2) is 0 Å². The molecule has 0 aliphatic heterocycles. The Hall–Kier alpha value is -2.19. The molecule has 0 aliphatic rings. The van der Waals surface area contributed by atoms with E-state index in [0.29, 0.717) is 30.5 Å². The Bertz CT molecular complexity index is 687. The Morgan fingerprint density at radius 2 is 1.50 bits per heavy atom. The largest absolute Gasteiger partial charge is 0.410 e. The lowest BCUT2D eigenvalue weighted by atomic mass is 10.1. The topological polar surface area (TPSA) is 112 Å². The predicted octanol–water partition coefficient (Wildman–Crippen LogP) is 3.39. The van der Waals surface area contributed by atoms with E-state index >= 15 is 0 Å². The molecule has 0 spiro atoms. The summed E-state index contributed by atoms with van der Waals surface area (Å²) >= 11 is 0.